The highest BCUT2D eigenvalue weighted by Crippen LogP contribution is 2.45. The van der Waals surface area contributed by atoms with Gasteiger partial charge >= 0.3 is 5.97 Å². The number of nitrogens with zero attached hydrogens (tertiary/aromatic N) is 4. The van der Waals surface area contributed by atoms with E-state index in [1.54, 1.807) is 11.3 Å². The minimum atomic E-state index is -0.390. The van der Waals surface area contributed by atoms with Gasteiger partial charge in [0.1, 0.15) is 0 Å². The van der Waals surface area contributed by atoms with Crippen LogP contribution in [0.5, 0.6) is 0 Å². The Bertz CT molecular complexity index is 1230. The lowest BCUT2D eigenvalue weighted by molar-refractivity contribution is -0.136. The van der Waals surface area contributed by atoms with Crippen LogP contribution in [0.25, 0.3) is 0 Å². The summed E-state index contributed by atoms with van der Waals surface area (Å²) < 4.78 is 5.11. The van der Waals surface area contributed by atoms with Crippen LogP contribution in [0.15, 0.2) is 68.5 Å². The van der Waals surface area contributed by atoms with E-state index < -0.39 is 5.97 Å². The van der Waals surface area contributed by atoms with Crippen LogP contribution in [0.1, 0.15) is 36.1 Å². The van der Waals surface area contributed by atoms with Crippen LogP contribution in [0, 0.1) is 6.92 Å². The fourth-order valence-corrected chi connectivity index (χ4v) is 6.50. The van der Waals surface area contributed by atoms with Crippen molar-refractivity contribution in [2.75, 3.05) is 33.3 Å². The number of aliphatic imine (C=N–C) groups is 1. The maximum atomic E-state index is 13.3. The molecule has 3 aliphatic rings. The van der Waals surface area contributed by atoms with E-state index in [2.05, 4.69) is 41.1 Å². The maximum absolute atomic E-state index is 13.3. The molecular formula is C27H30N4O3S2. The summed E-state index contributed by atoms with van der Waals surface area (Å²) in [5, 5.41) is 6.83. The van der Waals surface area contributed by atoms with Crippen molar-refractivity contribution >= 4 is 40.1 Å². The molecule has 1 aromatic carbocycles. The molecule has 0 N–H and O–H groups in total. The summed E-state index contributed by atoms with van der Waals surface area (Å²) in [5.41, 5.74) is 5.61. The third kappa shape index (κ3) is 5.00. The average molecular weight is 523 g/mol. The molecule has 0 saturated carbocycles. The van der Waals surface area contributed by atoms with Crippen LogP contribution >= 0.6 is 23.1 Å². The van der Waals surface area contributed by atoms with Gasteiger partial charge in [-0.25, -0.2) is 9.79 Å². The molecule has 3 aliphatic heterocycles. The number of amidine groups is 1. The molecule has 0 aliphatic carbocycles. The van der Waals surface area contributed by atoms with Crippen LogP contribution in [0.3, 0.4) is 0 Å². The van der Waals surface area contributed by atoms with Gasteiger partial charge in [-0.05, 0) is 47.2 Å². The predicted octanol–water partition coefficient (Wildman–Crippen LogP) is 4.54. The molecular weight excluding hydrogens is 492 g/mol. The Morgan fingerprint density at radius 3 is 2.50 bits per heavy atom. The van der Waals surface area contributed by atoms with Gasteiger partial charge in [0.25, 0.3) is 0 Å². The van der Waals surface area contributed by atoms with Gasteiger partial charge in [-0.15, -0.1) is 0 Å². The third-order valence-electron chi connectivity index (χ3n) is 6.85. The van der Waals surface area contributed by atoms with E-state index in [-0.39, 0.29) is 18.4 Å². The number of benzene rings is 1. The number of aryl methyl sites for hydroxylation is 1. The summed E-state index contributed by atoms with van der Waals surface area (Å²) in [6.45, 7) is 7.99. The van der Waals surface area contributed by atoms with Gasteiger partial charge in [-0.3, -0.25) is 9.69 Å². The molecule has 0 unspecified atom stereocenters. The molecule has 188 valence electrons. The van der Waals surface area contributed by atoms with Gasteiger partial charge in [-0.2, -0.15) is 11.3 Å². The normalized spacial score (nSPS) is 20.2. The first-order chi connectivity index (χ1) is 17.4. The van der Waals surface area contributed by atoms with Gasteiger partial charge in [0, 0.05) is 38.4 Å². The number of rotatable bonds is 6. The maximum Gasteiger partial charge on any atom is 0.338 e. The SMILES string of the molecule is COC(=O)C1=C(C)N=C2SC=C(CC(=O)N3CCN(Cc4ccc(C)cc4)CC3)N2[C@@H]1c1ccsc1. The molecule has 36 heavy (non-hydrogen) atoms. The number of piperazine rings is 1. The molecule has 9 heteroatoms. The molecule has 1 amide bonds. The van der Waals surface area contributed by atoms with Gasteiger partial charge in [0.15, 0.2) is 5.17 Å². The van der Waals surface area contributed by atoms with E-state index in [1.807, 2.05) is 39.0 Å². The van der Waals surface area contributed by atoms with Gasteiger partial charge < -0.3 is 14.5 Å². The van der Waals surface area contributed by atoms with Crippen LogP contribution in [-0.4, -0.2) is 65.0 Å². The molecule has 2 aromatic rings. The number of carbonyl (C=O) groups is 2. The standard InChI is InChI=1S/C27H30N4O3S2/c1-18-4-6-20(7-5-18)15-29-9-11-30(12-10-29)23(32)14-22-17-36-27-28-19(2)24(26(33)34-3)25(31(22)27)21-8-13-35-16-21/h4-8,13,16-17,25H,9-12,14-15H2,1-3H3/t25-/m1/s1. The lowest BCUT2D eigenvalue weighted by Crippen LogP contribution is -2.48. The Kier molecular flexibility index (Phi) is 7.32. The molecule has 0 radical (unpaired) electrons. The van der Waals surface area contributed by atoms with Gasteiger partial charge in [0.05, 0.1) is 30.8 Å². The number of amides is 1. The minimum absolute atomic E-state index is 0.105. The second kappa shape index (κ2) is 10.6. The van der Waals surface area contributed by atoms with Crippen molar-refractivity contribution in [1.29, 1.82) is 0 Å². The molecule has 7 nitrogen and oxygen atoms in total. The number of hydrogen-bond acceptors (Lipinski definition) is 8. The number of carbonyl (C=O) groups excluding carboxylic acids is 2. The first kappa shape index (κ1) is 24.8. The summed E-state index contributed by atoms with van der Waals surface area (Å²) in [5.74, 6) is -0.285. The number of esters is 1. The second-order valence-electron chi connectivity index (χ2n) is 9.26. The summed E-state index contributed by atoms with van der Waals surface area (Å²) >= 11 is 3.09. The summed E-state index contributed by atoms with van der Waals surface area (Å²) in [6, 6.07) is 10.3. The Hall–Kier alpha value is -2.88. The monoisotopic (exact) mass is 522 g/mol. The van der Waals surface area contributed by atoms with Crippen LogP contribution in [-0.2, 0) is 20.9 Å². The Labute approximate surface area is 220 Å². The number of thioether (sulfide) groups is 1. The van der Waals surface area contributed by atoms with Crippen molar-refractivity contribution in [2.24, 2.45) is 4.99 Å². The van der Waals surface area contributed by atoms with E-state index in [9.17, 15) is 9.59 Å². The lowest BCUT2D eigenvalue weighted by Gasteiger charge is -2.37. The van der Waals surface area contributed by atoms with Crippen molar-refractivity contribution in [2.45, 2.75) is 32.9 Å². The van der Waals surface area contributed by atoms with Gasteiger partial charge in [0.2, 0.25) is 5.91 Å². The van der Waals surface area contributed by atoms with Crippen molar-refractivity contribution in [3.05, 3.63) is 80.2 Å². The molecule has 1 aromatic heterocycles. The lowest BCUT2D eigenvalue weighted by atomic mass is 9.96. The highest BCUT2D eigenvalue weighted by molar-refractivity contribution is 8.16. The highest BCUT2D eigenvalue weighted by Gasteiger charge is 2.41. The Morgan fingerprint density at radius 2 is 1.83 bits per heavy atom. The van der Waals surface area contributed by atoms with Crippen LogP contribution in [0.4, 0.5) is 0 Å². The van der Waals surface area contributed by atoms with Gasteiger partial charge in [-0.1, -0.05) is 41.6 Å². The average Bonchev–Trinajstić information content (AvgIpc) is 3.55. The Morgan fingerprint density at radius 1 is 1.08 bits per heavy atom. The summed E-state index contributed by atoms with van der Waals surface area (Å²) in [6.07, 6.45) is 0.276. The third-order valence-corrected chi connectivity index (χ3v) is 8.44. The number of allylic oxidation sites excluding steroid dienone is 1. The first-order valence-corrected chi connectivity index (χ1v) is 13.9. The number of thiophene rings is 1. The fourth-order valence-electron chi connectivity index (χ4n) is 4.86. The zero-order valence-electron chi connectivity index (χ0n) is 20.8. The van der Waals surface area contributed by atoms with E-state index in [0.29, 0.717) is 24.4 Å². The zero-order chi connectivity index (χ0) is 25.2. The molecule has 0 spiro atoms. The van der Waals surface area contributed by atoms with Crippen molar-refractivity contribution in [3.8, 4) is 0 Å². The highest BCUT2D eigenvalue weighted by atomic mass is 32.2. The van der Waals surface area contributed by atoms with E-state index in [1.165, 1.54) is 30.0 Å². The van der Waals surface area contributed by atoms with E-state index in [0.717, 1.165) is 36.1 Å². The number of methoxy groups -OCH3 is 1. The molecule has 5 rings (SSSR count). The van der Waals surface area contributed by atoms with Crippen molar-refractivity contribution in [1.82, 2.24) is 14.7 Å². The largest absolute Gasteiger partial charge is 0.466 e. The summed E-state index contributed by atoms with van der Waals surface area (Å²) in [7, 11) is 1.39. The van der Waals surface area contributed by atoms with E-state index in [4.69, 9.17) is 4.74 Å². The second-order valence-corrected chi connectivity index (χ2v) is 10.9. The number of ether oxygens (including phenoxy) is 1. The molecule has 1 saturated heterocycles. The molecule has 1 fully saturated rings. The number of fused-ring (bicyclic) bond motifs is 1. The Balaban J connectivity index is 1.26. The van der Waals surface area contributed by atoms with Crippen molar-refractivity contribution < 1.29 is 14.3 Å². The minimum Gasteiger partial charge on any atom is -0.466 e. The molecule has 0 bridgehead atoms. The van der Waals surface area contributed by atoms with Crippen LogP contribution < -0.4 is 0 Å². The predicted molar refractivity (Wildman–Crippen MR) is 144 cm³/mol. The molecule has 4 heterocycles. The molecule has 1 atom stereocenters. The first-order valence-electron chi connectivity index (χ1n) is 12.0. The smallest absolute Gasteiger partial charge is 0.338 e. The van der Waals surface area contributed by atoms with E-state index >= 15 is 0 Å². The summed E-state index contributed by atoms with van der Waals surface area (Å²) in [4.78, 5) is 37.2. The zero-order valence-corrected chi connectivity index (χ0v) is 22.4. The van der Waals surface area contributed by atoms with Crippen molar-refractivity contribution in [3.63, 3.8) is 0 Å². The number of hydrogen-bond donors (Lipinski definition) is 0. The fraction of sp³-hybridized carbons (Fsp3) is 0.370. The quantitative estimate of drug-likeness (QED) is 0.519. The van der Waals surface area contributed by atoms with Crippen LogP contribution in [0.2, 0.25) is 0 Å². The topological polar surface area (TPSA) is 65.5 Å².